The second-order valence-corrected chi connectivity index (χ2v) is 5.61. The fraction of sp³-hybridized carbons (Fsp3) is 0.438. The highest BCUT2D eigenvalue weighted by atomic mass is 16.1. The summed E-state index contributed by atoms with van der Waals surface area (Å²) < 4.78 is 3.25. The van der Waals surface area contributed by atoms with Gasteiger partial charge in [0.1, 0.15) is 0 Å². The third kappa shape index (κ3) is 3.33. The van der Waals surface area contributed by atoms with Gasteiger partial charge in [0.25, 0.3) is 11.1 Å². The zero-order valence-electron chi connectivity index (χ0n) is 12.5. The first kappa shape index (κ1) is 14.7. The van der Waals surface area contributed by atoms with Crippen LogP contribution in [0.4, 0.5) is 0 Å². The summed E-state index contributed by atoms with van der Waals surface area (Å²) >= 11 is 0. The van der Waals surface area contributed by atoms with Crippen LogP contribution in [-0.4, -0.2) is 38.4 Å². The van der Waals surface area contributed by atoms with Gasteiger partial charge in [-0.15, -0.1) is 0 Å². The van der Waals surface area contributed by atoms with Gasteiger partial charge in [0.05, 0.1) is 6.54 Å². The number of pyridine rings is 1. The molecular formula is C16H20N4O2. The maximum Gasteiger partial charge on any atom is 0.266 e. The standard InChI is InChI=1S/C16H20N4O2/c21-15-6-1-2-9-19(15)12-11-18-10-4-5-14(18)13-20-16(22)7-3-8-17-20/h1-3,6-9,14H,4-5,10-13H2. The molecule has 22 heavy (non-hydrogen) atoms. The quantitative estimate of drug-likeness (QED) is 0.810. The summed E-state index contributed by atoms with van der Waals surface area (Å²) in [4.78, 5) is 25.9. The van der Waals surface area contributed by atoms with E-state index in [0.717, 1.165) is 25.9 Å². The molecule has 1 atom stereocenters. The smallest absolute Gasteiger partial charge is 0.266 e. The molecule has 6 nitrogen and oxygen atoms in total. The first-order chi connectivity index (χ1) is 10.7. The maximum atomic E-state index is 11.8. The molecule has 0 amide bonds. The fourth-order valence-corrected chi connectivity index (χ4v) is 3.00. The van der Waals surface area contributed by atoms with Crippen LogP contribution >= 0.6 is 0 Å². The van der Waals surface area contributed by atoms with Crippen molar-refractivity contribution in [2.75, 3.05) is 13.1 Å². The van der Waals surface area contributed by atoms with Crippen molar-refractivity contribution in [2.24, 2.45) is 0 Å². The van der Waals surface area contributed by atoms with Crippen molar-refractivity contribution in [3.05, 3.63) is 63.4 Å². The maximum absolute atomic E-state index is 11.8. The van der Waals surface area contributed by atoms with E-state index in [1.54, 1.807) is 29.0 Å². The Hall–Kier alpha value is -2.21. The molecule has 0 N–H and O–H groups in total. The summed E-state index contributed by atoms with van der Waals surface area (Å²) in [5, 5.41) is 4.13. The number of hydrogen-bond donors (Lipinski definition) is 0. The molecule has 3 rings (SSSR count). The third-order valence-electron chi connectivity index (χ3n) is 4.20. The highest BCUT2D eigenvalue weighted by Gasteiger charge is 2.25. The number of aromatic nitrogens is 3. The minimum Gasteiger partial charge on any atom is -0.314 e. The summed E-state index contributed by atoms with van der Waals surface area (Å²) in [6, 6.07) is 8.71. The molecule has 116 valence electrons. The van der Waals surface area contributed by atoms with E-state index in [-0.39, 0.29) is 11.1 Å². The SMILES string of the molecule is O=c1ccccn1CCN1CCCC1Cn1ncccc1=O. The second-order valence-electron chi connectivity index (χ2n) is 5.61. The first-order valence-electron chi connectivity index (χ1n) is 7.66. The van der Waals surface area contributed by atoms with E-state index in [9.17, 15) is 9.59 Å². The Balaban J connectivity index is 1.64. The molecule has 0 bridgehead atoms. The van der Waals surface area contributed by atoms with Crippen molar-refractivity contribution in [1.82, 2.24) is 19.2 Å². The van der Waals surface area contributed by atoms with Crippen LogP contribution in [0.1, 0.15) is 12.8 Å². The molecule has 6 heteroatoms. The molecule has 1 unspecified atom stereocenters. The van der Waals surface area contributed by atoms with Crippen molar-refractivity contribution in [1.29, 1.82) is 0 Å². The third-order valence-corrected chi connectivity index (χ3v) is 4.20. The Bertz CT molecular complexity index is 737. The van der Waals surface area contributed by atoms with Gasteiger partial charge >= 0.3 is 0 Å². The van der Waals surface area contributed by atoms with Crippen LogP contribution in [0.2, 0.25) is 0 Å². The lowest BCUT2D eigenvalue weighted by molar-refractivity contribution is 0.216. The summed E-state index contributed by atoms with van der Waals surface area (Å²) in [6.45, 7) is 3.11. The Morgan fingerprint density at radius 2 is 1.95 bits per heavy atom. The van der Waals surface area contributed by atoms with Gasteiger partial charge in [0, 0.05) is 43.7 Å². The molecule has 1 saturated heterocycles. The minimum atomic E-state index is -0.0615. The first-order valence-corrected chi connectivity index (χ1v) is 7.66. The fourth-order valence-electron chi connectivity index (χ4n) is 3.00. The molecule has 0 spiro atoms. The van der Waals surface area contributed by atoms with Crippen molar-refractivity contribution in [2.45, 2.75) is 32.0 Å². The predicted octanol–water partition coefficient (Wildman–Crippen LogP) is 0.570. The van der Waals surface area contributed by atoms with E-state index < -0.39 is 0 Å². The number of hydrogen-bond acceptors (Lipinski definition) is 4. The largest absolute Gasteiger partial charge is 0.314 e. The topological polar surface area (TPSA) is 60.1 Å². The van der Waals surface area contributed by atoms with Crippen LogP contribution in [0.3, 0.4) is 0 Å². The Morgan fingerprint density at radius 1 is 1.09 bits per heavy atom. The molecule has 1 aliphatic heterocycles. The van der Waals surface area contributed by atoms with Crippen molar-refractivity contribution < 1.29 is 0 Å². The van der Waals surface area contributed by atoms with Crippen LogP contribution in [-0.2, 0) is 13.1 Å². The number of rotatable bonds is 5. The molecule has 1 aliphatic rings. The molecule has 2 aromatic heterocycles. The van der Waals surface area contributed by atoms with Crippen LogP contribution < -0.4 is 11.1 Å². The molecular weight excluding hydrogens is 280 g/mol. The Labute approximate surface area is 128 Å². The van der Waals surface area contributed by atoms with E-state index in [1.165, 1.54) is 10.7 Å². The lowest BCUT2D eigenvalue weighted by Gasteiger charge is -2.24. The zero-order chi connectivity index (χ0) is 15.4. The van der Waals surface area contributed by atoms with E-state index in [4.69, 9.17) is 0 Å². The molecule has 0 saturated carbocycles. The van der Waals surface area contributed by atoms with Gasteiger partial charge < -0.3 is 4.57 Å². The molecule has 0 radical (unpaired) electrons. The highest BCUT2D eigenvalue weighted by Crippen LogP contribution is 2.17. The highest BCUT2D eigenvalue weighted by molar-refractivity contribution is 4.93. The number of likely N-dealkylation sites (tertiary alicyclic amines) is 1. The average Bonchev–Trinajstić information content (AvgIpc) is 2.96. The van der Waals surface area contributed by atoms with Gasteiger partial charge in [-0.05, 0) is 31.5 Å². The lowest BCUT2D eigenvalue weighted by Crippen LogP contribution is -2.39. The van der Waals surface area contributed by atoms with Gasteiger partial charge in [-0.25, -0.2) is 4.68 Å². The summed E-state index contributed by atoms with van der Waals surface area (Å²) in [5.74, 6) is 0. The Kier molecular flexibility index (Phi) is 4.48. The second kappa shape index (κ2) is 6.70. The molecule has 0 aromatic carbocycles. The van der Waals surface area contributed by atoms with Crippen molar-refractivity contribution in [3.63, 3.8) is 0 Å². The van der Waals surface area contributed by atoms with Gasteiger partial charge in [-0.1, -0.05) is 6.07 Å². The molecule has 0 aliphatic carbocycles. The normalized spacial score (nSPS) is 18.6. The minimum absolute atomic E-state index is 0.0270. The monoisotopic (exact) mass is 300 g/mol. The Morgan fingerprint density at radius 3 is 2.77 bits per heavy atom. The van der Waals surface area contributed by atoms with E-state index in [1.807, 2.05) is 12.3 Å². The van der Waals surface area contributed by atoms with E-state index in [2.05, 4.69) is 10.00 Å². The zero-order valence-corrected chi connectivity index (χ0v) is 12.5. The molecule has 2 aromatic rings. The van der Waals surface area contributed by atoms with Gasteiger partial charge in [0.15, 0.2) is 0 Å². The lowest BCUT2D eigenvalue weighted by atomic mass is 10.2. The van der Waals surface area contributed by atoms with Gasteiger partial charge in [-0.3, -0.25) is 14.5 Å². The molecule has 3 heterocycles. The van der Waals surface area contributed by atoms with Crippen molar-refractivity contribution >= 4 is 0 Å². The van der Waals surface area contributed by atoms with Crippen molar-refractivity contribution in [3.8, 4) is 0 Å². The predicted molar refractivity (Wildman–Crippen MR) is 83.8 cm³/mol. The molecule has 1 fully saturated rings. The van der Waals surface area contributed by atoms with Gasteiger partial charge in [-0.2, -0.15) is 5.10 Å². The van der Waals surface area contributed by atoms with Gasteiger partial charge in [0.2, 0.25) is 0 Å². The summed E-state index contributed by atoms with van der Waals surface area (Å²) in [5.41, 5.74) is -0.0344. The summed E-state index contributed by atoms with van der Waals surface area (Å²) in [7, 11) is 0. The van der Waals surface area contributed by atoms with E-state index in [0.29, 0.717) is 19.1 Å². The van der Waals surface area contributed by atoms with E-state index >= 15 is 0 Å². The van der Waals surface area contributed by atoms with Crippen LogP contribution in [0, 0.1) is 0 Å². The van der Waals surface area contributed by atoms with Crippen LogP contribution in [0.15, 0.2) is 52.3 Å². The average molecular weight is 300 g/mol. The van der Waals surface area contributed by atoms with Crippen LogP contribution in [0.25, 0.3) is 0 Å². The summed E-state index contributed by atoms with van der Waals surface area (Å²) in [6.07, 6.45) is 5.64. The van der Waals surface area contributed by atoms with Crippen LogP contribution in [0.5, 0.6) is 0 Å². The number of nitrogens with zero attached hydrogens (tertiary/aromatic N) is 4.